The van der Waals surface area contributed by atoms with Crippen LogP contribution in [0.2, 0.25) is 0 Å². The number of aliphatic hydroxyl groups is 2. The molecule has 100 valence electrons. The maximum Gasteiger partial charge on any atom is 0.146 e. The first-order valence-corrected chi connectivity index (χ1v) is 6.80. The molecule has 0 aromatic carbocycles. The second-order valence-corrected chi connectivity index (χ2v) is 6.08. The fraction of sp³-hybridized carbons (Fsp3) is 1.00. The van der Waals surface area contributed by atoms with Gasteiger partial charge in [0.15, 0.2) is 0 Å². The summed E-state index contributed by atoms with van der Waals surface area (Å²) < 4.78 is 33.6. The molecule has 2 saturated heterocycles. The van der Waals surface area contributed by atoms with Crippen LogP contribution in [0.5, 0.6) is 0 Å². The first kappa shape index (κ1) is 13.2. The summed E-state index contributed by atoms with van der Waals surface area (Å²) in [7, 11) is -1.27. The van der Waals surface area contributed by atoms with E-state index >= 15 is 0 Å². The van der Waals surface area contributed by atoms with Gasteiger partial charge in [-0.2, -0.15) is 0 Å². The number of ether oxygens (including phenoxy) is 2. The summed E-state index contributed by atoms with van der Waals surface area (Å²) in [6, 6.07) is 0. The summed E-state index contributed by atoms with van der Waals surface area (Å²) in [5, 5.41) is 18.2. The van der Waals surface area contributed by atoms with Gasteiger partial charge in [-0.3, -0.25) is 0 Å². The van der Waals surface area contributed by atoms with Crippen molar-refractivity contribution >= 4 is 10.7 Å². The molecule has 7 heteroatoms. The molecule has 2 heterocycles. The van der Waals surface area contributed by atoms with Crippen LogP contribution < -0.4 is 0 Å². The second kappa shape index (κ2) is 4.17. The van der Waals surface area contributed by atoms with Crippen LogP contribution in [0, 0.1) is 5.92 Å². The van der Waals surface area contributed by atoms with Crippen LogP contribution in [0.3, 0.4) is 0 Å². The van der Waals surface area contributed by atoms with E-state index in [1.54, 1.807) is 0 Å². The Labute approximate surface area is 101 Å². The SMILES string of the molecule is COC1C(C)C2(CO)CC([SH](=O)=O)C1(CO)O2. The van der Waals surface area contributed by atoms with Crippen LogP contribution in [0.15, 0.2) is 0 Å². The molecule has 2 aliphatic heterocycles. The summed E-state index contributed by atoms with van der Waals surface area (Å²) >= 11 is 0. The number of fused-ring (bicyclic) bond motifs is 2. The maximum atomic E-state index is 11.3. The Bertz CT molecular complexity index is 375. The number of thiol groups is 1. The quantitative estimate of drug-likeness (QED) is 0.537. The van der Waals surface area contributed by atoms with Crippen LogP contribution in [0.1, 0.15) is 13.3 Å². The Balaban J connectivity index is 2.48. The van der Waals surface area contributed by atoms with Gasteiger partial charge in [-0.25, -0.2) is 8.42 Å². The zero-order valence-corrected chi connectivity index (χ0v) is 10.7. The molecule has 2 aliphatic rings. The van der Waals surface area contributed by atoms with Crippen molar-refractivity contribution in [2.75, 3.05) is 20.3 Å². The minimum Gasteiger partial charge on any atom is -0.393 e. The maximum absolute atomic E-state index is 11.3. The van der Waals surface area contributed by atoms with E-state index in [2.05, 4.69) is 0 Å². The number of rotatable bonds is 4. The van der Waals surface area contributed by atoms with Crippen LogP contribution >= 0.6 is 0 Å². The third-order valence-electron chi connectivity index (χ3n) is 4.28. The molecule has 0 amide bonds. The highest BCUT2D eigenvalue weighted by Gasteiger charge is 2.71. The van der Waals surface area contributed by atoms with Crippen LogP contribution in [-0.2, 0) is 20.2 Å². The van der Waals surface area contributed by atoms with Crippen LogP contribution in [-0.4, -0.2) is 61.5 Å². The van der Waals surface area contributed by atoms with Crippen molar-refractivity contribution in [1.82, 2.24) is 0 Å². The lowest BCUT2D eigenvalue weighted by atomic mass is 9.73. The molecular formula is C10H18O6S. The summed E-state index contributed by atoms with van der Waals surface area (Å²) in [6.45, 7) is 1.15. The molecule has 6 nitrogen and oxygen atoms in total. The predicted octanol–water partition coefficient (Wildman–Crippen LogP) is -1.49. The van der Waals surface area contributed by atoms with Gasteiger partial charge in [-0.1, -0.05) is 6.92 Å². The van der Waals surface area contributed by atoms with E-state index in [4.69, 9.17) is 9.47 Å². The average molecular weight is 266 g/mol. The van der Waals surface area contributed by atoms with Gasteiger partial charge in [-0.05, 0) is 6.42 Å². The molecule has 0 aromatic heterocycles. The molecule has 2 fully saturated rings. The lowest BCUT2D eigenvalue weighted by Crippen LogP contribution is -2.56. The molecule has 2 rings (SSSR count). The summed E-state index contributed by atoms with van der Waals surface area (Å²) in [5.41, 5.74) is -2.14. The first-order chi connectivity index (χ1) is 7.97. The van der Waals surface area contributed by atoms with Gasteiger partial charge in [0, 0.05) is 13.0 Å². The van der Waals surface area contributed by atoms with Crippen molar-refractivity contribution < 1.29 is 28.1 Å². The molecule has 2 N–H and O–H groups in total. The largest absolute Gasteiger partial charge is 0.393 e. The lowest BCUT2D eigenvalue weighted by molar-refractivity contribution is -0.118. The number of methoxy groups -OCH3 is 1. The van der Waals surface area contributed by atoms with E-state index in [9.17, 15) is 18.6 Å². The van der Waals surface area contributed by atoms with E-state index < -0.39 is 39.9 Å². The summed E-state index contributed by atoms with van der Waals surface area (Å²) in [6.07, 6.45) is -0.310. The molecule has 0 spiro atoms. The highest BCUT2D eigenvalue weighted by molar-refractivity contribution is 7.73. The topological polar surface area (TPSA) is 93.1 Å². The van der Waals surface area contributed by atoms with Crippen molar-refractivity contribution in [3.05, 3.63) is 0 Å². The smallest absolute Gasteiger partial charge is 0.146 e. The minimum atomic E-state index is -2.74. The molecule has 0 aliphatic carbocycles. The minimum absolute atomic E-state index is 0.157. The zero-order valence-electron chi connectivity index (χ0n) is 9.83. The number of hydrogen-bond acceptors (Lipinski definition) is 6. The van der Waals surface area contributed by atoms with Crippen molar-refractivity contribution in [2.45, 2.75) is 35.9 Å². The number of hydrogen-bond donors (Lipinski definition) is 3. The second-order valence-electron chi connectivity index (χ2n) is 4.89. The van der Waals surface area contributed by atoms with E-state index in [1.165, 1.54) is 7.11 Å². The van der Waals surface area contributed by atoms with Gasteiger partial charge in [0.2, 0.25) is 0 Å². The fourth-order valence-corrected chi connectivity index (χ4v) is 4.44. The van der Waals surface area contributed by atoms with E-state index in [1.807, 2.05) is 6.92 Å². The molecule has 0 aromatic rings. The van der Waals surface area contributed by atoms with Gasteiger partial charge < -0.3 is 19.7 Å². The fourth-order valence-electron chi connectivity index (χ4n) is 3.34. The Morgan fingerprint density at radius 1 is 1.41 bits per heavy atom. The third kappa shape index (κ3) is 1.50. The van der Waals surface area contributed by atoms with Gasteiger partial charge in [0.25, 0.3) is 0 Å². The molecule has 0 saturated carbocycles. The lowest BCUT2D eigenvalue weighted by Gasteiger charge is -2.37. The molecule has 2 bridgehead atoms. The Morgan fingerprint density at radius 3 is 2.47 bits per heavy atom. The van der Waals surface area contributed by atoms with Crippen molar-refractivity contribution in [1.29, 1.82) is 0 Å². The number of aliphatic hydroxyl groups excluding tert-OH is 2. The Morgan fingerprint density at radius 2 is 2.06 bits per heavy atom. The molecular weight excluding hydrogens is 248 g/mol. The van der Waals surface area contributed by atoms with E-state index in [0.717, 1.165) is 0 Å². The average Bonchev–Trinajstić information content (AvgIpc) is 2.78. The zero-order chi connectivity index (χ0) is 12.8. The Hall–Kier alpha value is -0.210. The van der Waals surface area contributed by atoms with Crippen molar-refractivity contribution in [3.63, 3.8) is 0 Å². The molecule has 0 radical (unpaired) electrons. The first-order valence-electron chi connectivity index (χ1n) is 5.55. The van der Waals surface area contributed by atoms with Gasteiger partial charge in [-0.15, -0.1) is 0 Å². The highest BCUT2D eigenvalue weighted by atomic mass is 32.2. The van der Waals surface area contributed by atoms with Crippen LogP contribution in [0.25, 0.3) is 0 Å². The summed E-state index contributed by atoms with van der Waals surface area (Å²) in [5.74, 6) is -0.157. The van der Waals surface area contributed by atoms with Crippen LogP contribution in [0.4, 0.5) is 0 Å². The highest BCUT2D eigenvalue weighted by Crippen LogP contribution is 2.55. The van der Waals surface area contributed by atoms with E-state index in [-0.39, 0.29) is 18.9 Å². The summed E-state index contributed by atoms with van der Waals surface area (Å²) in [4.78, 5) is 0. The molecule has 5 atom stereocenters. The molecule has 5 unspecified atom stereocenters. The predicted molar refractivity (Wildman–Crippen MR) is 59.4 cm³/mol. The Kier molecular flexibility index (Phi) is 3.24. The van der Waals surface area contributed by atoms with Crippen molar-refractivity contribution in [2.24, 2.45) is 5.92 Å². The van der Waals surface area contributed by atoms with Gasteiger partial charge in [0.1, 0.15) is 16.3 Å². The van der Waals surface area contributed by atoms with Gasteiger partial charge >= 0.3 is 0 Å². The standard InChI is InChI=1S/C10H18O6S/c1-6-8(15-2)10(5-12)7(17(13)14)3-9(6,4-11)16-10/h6-8,11-12,17H,3-5H2,1-2H3. The third-order valence-corrected chi connectivity index (χ3v) is 5.41. The van der Waals surface area contributed by atoms with Gasteiger partial charge in [0.05, 0.1) is 30.2 Å². The van der Waals surface area contributed by atoms with E-state index in [0.29, 0.717) is 0 Å². The van der Waals surface area contributed by atoms with Crippen molar-refractivity contribution in [3.8, 4) is 0 Å². The normalized spacial score (nSPS) is 49.1. The molecule has 17 heavy (non-hydrogen) atoms. The monoisotopic (exact) mass is 266 g/mol.